The molecule has 0 atom stereocenters. The molecule has 0 unspecified atom stereocenters. The predicted octanol–water partition coefficient (Wildman–Crippen LogP) is 2.98. The Bertz CT molecular complexity index is 552. The molecular formula is C12H10F3NO3S. The number of carbonyl (C=O) groups is 1. The van der Waals surface area contributed by atoms with E-state index < -0.39 is 35.4 Å². The van der Waals surface area contributed by atoms with Crippen molar-refractivity contribution in [1.82, 2.24) is 0 Å². The van der Waals surface area contributed by atoms with E-state index in [0.29, 0.717) is 0 Å². The van der Waals surface area contributed by atoms with Crippen LogP contribution in [0.25, 0.3) is 0 Å². The lowest BCUT2D eigenvalue weighted by Gasteiger charge is -2.13. The number of hydrogen-bond acceptors (Lipinski definition) is 5. The number of benzene rings is 1. The number of halogens is 3. The zero-order chi connectivity index (χ0) is 15.3. The zero-order valence-electron chi connectivity index (χ0n) is 10.3. The highest BCUT2D eigenvalue weighted by molar-refractivity contribution is 8.00. The van der Waals surface area contributed by atoms with Gasteiger partial charge in [0.2, 0.25) is 0 Å². The van der Waals surface area contributed by atoms with Crippen molar-refractivity contribution < 1.29 is 27.8 Å². The average molecular weight is 305 g/mol. The molecule has 108 valence electrons. The Kier molecular flexibility index (Phi) is 5.27. The monoisotopic (exact) mass is 305 g/mol. The number of alkyl halides is 3. The number of thioether (sulfide) groups is 1. The molecule has 0 aliphatic rings. The van der Waals surface area contributed by atoms with Crippen LogP contribution < -0.4 is 0 Å². The van der Waals surface area contributed by atoms with Crippen molar-refractivity contribution in [3.8, 4) is 11.8 Å². The Hall–Kier alpha value is -1.88. The summed E-state index contributed by atoms with van der Waals surface area (Å²) in [5.74, 6) is -1.41. The van der Waals surface area contributed by atoms with E-state index >= 15 is 0 Å². The van der Waals surface area contributed by atoms with Crippen LogP contribution in [0.2, 0.25) is 0 Å². The maximum Gasteiger partial charge on any atom is 0.446 e. The second-order valence-electron chi connectivity index (χ2n) is 3.58. The molecule has 20 heavy (non-hydrogen) atoms. The molecule has 0 heterocycles. The fraction of sp³-hybridized carbons (Fsp3) is 0.333. The molecule has 1 aromatic rings. The summed E-state index contributed by atoms with van der Waals surface area (Å²) in [6.45, 7) is 1.62. The highest BCUT2D eigenvalue weighted by Crippen LogP contribution is 2.41. The Morgan fingerprint density at radius 3 is 2.65 bits per heavy atom. The smallest absolute Gasteiger partial charge is 0.446 e. The van der Waals surface area contributed by atoms with Gasteiger partial charge in [0.05, 0.1) is 18.6 Å². The van der Waals surface area contributed by atoms with Gasteiger partial charge in [-0.3, -0.25) is 4.79 Å². The first kappa shape index (κ1) is 16.2. The molecule has 0 saturated heterocycles. The first-order valence-corrected chi connectivity index (χ1v) is 6.26. The average Bonchev–Trinajstić information content (AvgIpc) is 2.32. The zero-order valence-corrected chi connectivity index (χ0v) is 11.1. The summed E-state index contributed by atoms with van der Waals surface area (Å²) in [5, 5.41) is 18.5. The van der Waals surface area contributed by atoms with Crippen molar-refractivity contribution in [3.63, 3.8) is 0 Å². The number of esters is 1. The van der Waals surface area contributed by atoms with Crippen molar-refractivity contribution in [2.24, 2.45) is 0 Å². The Balaban J connectivity index is 3.21. The molecule has 0 aromatic heterocycles. The summed E-state index contributed by atoms with van der Waals surface area (Å²) in [6, 6.07) is 3.75. The summed E-state index contributed by atoms with van der Waals surface area (Å²) >= 11 is -0.456. The molecule has 0 spiro atoms. The third-order valence-corrected chi connectivity index (χ3v) is 3.05. The molecule has 0 aliphatic carbocycles. The standard InChI is InChI=1S/C12H10F3NO3S/c1-2-19-10(17)5-8-9(20-12(13,14)15)4-3-7(6-16)11(8)18/h3-4,18H,2,5H2,1H3. The van der Waals surface area contributed by atoms with E-state index in [1.165, 1.54) is 0 Å². The van der Waals surface area contributed by atoms with Gasteiger partial charge in [-0.2, -0.15) is 18.4 Å². The van der Waals surface area contributed by atoms with E-state index in [2.05, 4.69) is 4.74 Å². The SMILES string of the molecule is CCOC(=O)Cc1c(SC(F)(F)F)ccc(C#N)c1O. The molecule has 1 N–H and O–H groups in total. The van der Waals surface area contributed by atoms with Gasteiger partial charge in [-0.15, -0.1) is 0 Å². The van der Waals surface area contributed by atoms with E-state index in [4.69, 9.17) is 5.26 Å². The van der Waals surface area contributed by atoms with E-state index in [1.807, 2.05) is 0 Å². The van der Waals surface area contributed by atoms with Crippen molar-refractivity contribution in [3.05, 3.63) is 23.3 Å². The van der Waals surface area contributed by atoms with Crippen LogP contribution in [-0.2, 0) is 16.0 Å². The molecule has 1 aromatic carbocycles. The molecule has 0 amide bonds. The second-order valence-corrected chi connectivity index (χ2v) is 4.69. The lowest BCUT2D eigenvalue weighted by atomic mass is 10.1. The van der Waals surface area contributed by atoms with Crippen LogP contribution in [0.15, 0.2) is 17.0 Å². The third kappa shape index (κ3) is 4.35. The molecular weight excluding hydrogens is 295 g/mol. The van der Waals surface area contributed by atoms with Crippen LogP contribution in [0.5, 0.6) is 5.75 Å². The quantitative estimate of drug-likeness (QED) is 0.684. The summed E-state index contributed by atoms with van der Waals surface area (Å²) in [6.07, 6.45) is -0.534. The number of carbonyl (C=O) groups excluding carboxylic acids is 1. The van der Waals surface area contributed by atoms with E-state index in [9.17, 15) is 23.1 Å². The lowest BCUT2D eigenvalue weighted by Crippen LogP contribution is -2.10. The number of phenolic OH excluding ortho intramolecular Hbond substituents is 1. The Morgan fingerprint density at radius 2 is 2.15 bits per heavy atom. The first-order valence-electron chi connectivity index (χ1n) is 5.44. The van der Waals surface area contributed by atoms with Gasteiger partial charge in [0, 0.05) is 10.5 Å². The minimum Gasteiger partial charge on any atom is -0.506 e. The number of nitriles is 1. The summed E-state index contributed by atoms with van der Waals surface area (Å²) < 4.78 is 41.9. The fourth-order valence-corrected chi connectivity index (χ4v) is 2.13. The van der Waals surface area contributed by atoms with Gasteiger partial charge >= 0.3 is 11.5 Å². The predicted molar refractivity (Wildman–Crippen MR) is 65.1 cm³/mol. The van der Waals surface area contributed by atoms with Gasteiger partial charge in [0.1, 0.15) is 11.8 Å². The molecule has 1 rings (SSSR count). The first-order chi connectivity index (χ1) is 9.28. The van der Waals surface area contributed by atoms with Crippen molar-refractivity contribution in [1.29, 1.82) is 5.26 Å². The Labute approximate surface area is 117 Å². The normalized spacial score (nSPS) is 10.9. The van der Waals surface area contributed by atoms with E-state index in [1.54, 1.807) is 13.0 Å². The number of rotatable bonds is 4. The summed E-state index contributed by atoms with van der Waals surface area (Å²) in [7, 11) is 0. The lowest BCUT2D eigenvalue weighted by molar-refractivity contribution is -0.142. The number of nitrogens with zero attached hydrogens (tertiary/aromatic N) is 1. The van der Waals surface area contributed by atoms with E-state index in [0.717, 1.165) is 12.1 Å². The van der Waals surface area contributed by atoms with E-state index in [-0.39, 0.29) is 22.6 Å². The third-order valence-electron chi connectivity index (χ3n) is 2.21. The maximum absolute atomic E-state index is 12.4. The van der Waals surface area contributed by atoms with Crippen LogP contribution >= 0.6 is 11.8 Å². The number of aromatic hydroxyl groups is 1. The van der Waals surface area contributed by atoms with Crippen LogP contribution in [0.3, 0.4) is 0 Å². The molecule has 0 saturated carbocycles. The maximum atomic E-state index is 12.4. The summed E-state index contributed by atoms with van der Waals surface area (Å²) in [5.41, 5.74) is -5.02. The van der Waals surface area contributed by atoms with Crippen molar-refractivity contribution >= 4 is 17.7 Å². The minimum atomic E-state index is -4.57. The van der Waals surface area contributed by atoms with Gasteiger partial charge in [-0.1, -0.05) is 0 Å². The molecule has 0 radical (unpaired) electrons. The van der Waals surface area contributed by atoms with Gasteiger partial charge in [0.25, 0.3) is 0 Å². The highest BCUT2D eigenvalue weighted by Gasteiger charge is 2.32. The number of phenols is 1. The van der Waals surface area contributed by atoms with Gasteiger partial charge < -0.3 is 9.84 Å². The molecule has 4 nitrogen and oxygen atoms in total. The van der Waals surface area contributed by atoms with Crippen LogP contribution in [0.4, 0.5) is 13.2 Å². The molecule has 0 aliphatic heterocycles. The number of hydrogen-bond donors (Lipinski definition) is 1. The fourth-order valence-electron chi connectivity index (χ4n) is 1.46. The number of ether oxygens (including phenoxy) is 1. The molecule has 0 bridgehead atoms. The van der Waals surface area contributed by atoms with Crippen LogP contribution in [-0.4, -0.2) is 23.2 Å². The summed E-state index contributed by atoms with van der Waals surface area (Å²) in [4.78, 5) is 11.0. The highest BCUT2D eigenvalue weighted by atomic mass is 32.2. The van der Waals surface area contributed by atoms with Gasteiger partial charge in [0.15, 0.2) is 0 Å². The van der Waals surface area contributed by atoms with Crippen molar-refractivity contribution in [2.45, 2.75) is 23.7 Å². The molecule has 8 heteroatoms. The molecule has 0 fully saturated rings. The van der Waals surface area contributed by atoms with Crippen molar-refractivity contribution in [2.75, 3.05) is 6.61 Å². The van der Waals surface area contributed by atoms with Crippen LogP contribution in [0, 0.1) is 11.3 Å². The minimum absolute atomic E-state index is 0.0687. The second kappa shape index (κ2) is 6.52. The largest absolute Gasteiger partial charge is 0.506 e. The van der Waals surface area contributed by atoms with Gasteiger partial charge in [-0.25, -0.2) is 0 Å². The topological polar surface area (TPSA) is 70.3 Å². The van der Waals surface area contributed by atoms with Gasteiger partial charge in [-0.05, 0) is 30.8 Å². The van der Waals surface area contributed by atoms with Crippen LogP contribution in [0.1, 0.15) is 18.1 Å². The Morgan fingerprint density at radius 1 is 1.50 bits per heavy atom.